The quantitative estimate of drug-likeness (QED) is 0.740. The van der Waals surface area contributed by atoms with Crippen LogP contribution < -0.4 is 5.56 Å². The van der Waals surface area contributed by atoms with Crippen LogP contribution in [0.1, 0.15) is 12.7 Å². The summed E-state index contributed by atoms with van der Waals surface area (Å²) in [7, 11) is 0. The van der Waals surface area contributed by atoms with Gasteiger partial charge in [-0.3, -0.25) is 9.59 Å². The first-order valence-electron chi connectivity index (χ1n) is 6.96. The molecule has 3 rings (SSSR count). The van der Waals surface area contributed by atoms with Gasteiger partial charge in [0, 0.05) is 10.9 Å². The second-order valence-corrected chi connectivity index (χ2v) is 7.19. The molecule has 2 aromatic heterocycles. The number of aromatic amines is 1. The molecule has 5 nitrogen and oxygen atoms in total. The summed E-state index contributed by atoms with van der Waals surface area (Å²) in [4.78, 5) is 31.2. The number of fused-ring (bicyclic) bond motifs is 1. The standard InChI is InChI=1S/C16H14N2O3S2/c1-9(16(20)21)22-8-12-17-14(19)13-11(7-23-15(13)18-12)10-5-3-2-4-6-10/h2-7,9H,8H2,1H3,(H,20,21)(H,17,18,19)/t9-/m1/s1. The summed E-state index contributed by atoms with van der Waals surface area (Å²) in [5, 5.41) is 10.9. The summed E-state index contributed by atoms with van der Waals surface area (Å²) in [6, 6.07) is 9.70. The highest BCUT2D eigenvalue weighted by atomic mass is 32.2. The Labute approximate surface area is 140 Å². The van der Waals surface area contributed by atoms with E-state index in [1.807, 2.05) is 35.7 Å². The Morgan fingerprint density at radius 2 is 2.13 bits per heavy atom. The molecule has 0 saturated heterocycles. The predicted molar refractivity (Wildman–Crippen MR) is 94.1 cm³/mol. The zero-order valence-corrected chi connectivity index (χ0v) is 13.9. The summed E-state index contributed by atoms with van der Waals surface area (Å²) in [5.74, 6) is -0.0139. The van der Waals surface area contributed by atoms with Gasteiger partial charge in [0.2, 0.25) is 0 Å². The van der Waals surface area contributed by atoms with Gasteiger partial charge in [-0.2, -0.15) is 0 Å². The zero-order chi connectivity index (χ0) is 16.4. The number of thioether (sulfide) groups is 1. The second-order valence-electron chi connectivity index (χ2n) is 5.00. The SMILES string of the molecule is C[C@@H](SCc1nc2scc(-c3ccccc3)c2c(=O)[nH]1)C(=O)O. The molecule has 0 radical (unpaired) electrons. The van der Waals surface area contributed by atoms with E-state index >= 15 is 0 Å². The number of H-pyrrole nitrogens is 1. The molecule has 0 unspecified atom stereocenters. The van der Waals surface area contributed by atoms with Crippen LogP contribution in [0.3, 0.4) is 0 Å². The average Bonchev–Trinajstić information content (AvgIpc) is 2.98. The van der Waals surface area contributed by atoms with Gasteiger partial charge >= 0.3 is 5.97 Å². The summed E-state index contributed by atoms with van der Waals surface area (Å²) >= 11 is 2.65. The van der Waals surface area contributed by atoms with Crippen molar-refractivity contribution in [1.82, 2.24) is 9.97 Å². The van der Waals surface area contributed by atoms with Crippen molar-refractivity contribution in [2.24, 2.45) is 0 Å². The third-order valence-corrected chi connectivity index (χ3v) is 5.41. The molecule has 2 heterocycles. The lowest BCUT2D eigenvalue weighted by molar-refractivity contribution is -0.136. The number of aromatic nitrogens is 2. The van der Waals surface area contributed by atoms with Crippen molar-refractivity contribution in [2.75, 3.05) is 0 Å². The highest BCUT2D eigenvalue weighted by Gasteiger charge is 2.15. The Morgan fingerprint density at radius 3 is 2.83 bits per heavy atom. The summed E-state index contributed by atoms with van der Waals surface area (Å²) in [6.45, 7) is 1.61. The van der Waals surface area contributed by atoms with Gasteiger partial charge in [0.15, 0.2) is 0 Å². The van der Waals surface area contributed by atoms with Gasteiger partial charge in [-0.25, -0.2) is 4.98 Å². The van der Waals surface area contributed by atoms with E-state index in [-0.39, 0.29) is 5.56 Å². The summed E-state index contributed by atoms with van der Waals surface area (Å²) in [5.41, 5.74) is 1.67. The van der Waals surface area contributed by atoms with E-state index in [9.17, 15) is 9.59 Å². The van der Waals surface area contributed by atoms with Crippen LogP contribution in [-0.4, -0.2) is 26.3 Å². The molecular weight excluding hydrogens is 332 g/mol. The monoisotopic (exact) mass is 346 g/mol. The maximum absolute atomic E-state index is 12.4. The van der Waals surface area contributed by atoms with Crippen molar-refractivity contribution < 1.29 is 9.90 Å². The van der Waals surface area contributed by atoms with Crippen molar-refractivity contribution in [3.8, 4) is 11.1 Å². The molecule has 0 fully saturated rings. The number of benzene rings is 1. The van der Waals surface area contributed by atoms with Crippen LogP contribution in [0.25, 0.3) is 21.3 Å². The number of nitrogens with one attached hydrogen (secondary N) is 1. The summed E-state index contributed by atoms with van der Waals surface area (Å²) in [6.07, 6.45) is 0. The van der Waals surface area contributed by atoms with Gasteiger partial charge in [-0.1, -0.05) is 30.3 Å². The van der Waals surface area contributed by atoms with E-state index in [0.29, 0.717) is 21.8 Å². The lowest BCUT2D eigenvalue weighted by Gasteiger charge is -2.05. The van der Waals surface area contributed by atoms with E-state index in [0.717, 1.165) is 11.1 Å². The van der Waals surface area contributed by atoms with E-state index in [4.69, 9.17) is 5.11 Å². The fourth-order valence-electron chi connectivity index (χ4n) is 2.17. The smallest absolute Gasteiger partial charge is 0.316 e. The first-order valence-corrected chi connectivity index (χ1v) is 8.89. The molecule has 23 heavy (non-hydrogen) atoms. The minimum Gasteiger partial charge on any atom is -0.480 e. The van der Waals surface area contributed by atoms with Gasteiger partial charge in [0.05, 0.1) is 16.4 Å². The molecule has 0 aliphatic heterocycles. The van der Waals surface area contributed by atoms with Crippen LogP contribution in [0.4, 0.5) is 0 Å². The van der Waals surface area contributed by atoms with E-state index in [2.05, 4.69) is 9.97 Å². The van der Waals surface area contributed by atoms with Gasteiger partial charge in [-0.15, -0.1) is 23.1 Å². The normalized spacial score (nSPS) is 12.4. The molecular formula is C16H14N2O3S2. The first kappa shape index (κ1) is 15.8. The van der Waals surface area contributed by atoms with Gasteiger partial charge in [-0.05, 0) is 12.5 Å². The third-order valence-electron chi connectivity index (χ3n) is 3.40. The van der Waals surface area contributed by atoms with Crippen LogP contribution in [0.2, 0.25) is 0 Å². The van der Waals surface area contributed by atoms with Crippen molar-refractivity contribution in [3.63, 3.8) is 0 Å². The molecule has 0 amide bonds. The Kier molecular flexibility index (Phi) is 4.49. The zero-order valence-electron chi connectivity index (χ0n) is 12.3. The molecule has 7 heteroatoms. The maximum Gasteiger partial charge on any atom is 0.316 e. The number of carboxylic acid groups (broad SMARTS) is 1. The fraction of sp³-hybridized carbons (Fsp3) is 0.188. The van der Waals surface area contributed by atoms with E-state index in [1.54, 1.807) is 6.92 Å². The molecule has 1 aromatic carbocycles. The van der Waals surface area contributed by atoms with Crippen LogP contribution in [0, 0.1) is 0 Å². The molecule has 0 aliphatic rings. The number of nitrogens with zero attached hydrogens (tertiary/aromatic N) is 1. The minimum atomic E-state index is -0.874. The lowest BCUT2D eigenvalue weighted by Crippen LogP contribution is -2.14. The topological polar surface area (TPSA) is 83.0 Å². The minimum absolute atomic E-state index is 0.186. The largest absolute Gasteiger partial charge is 0.480 e. The highest BCUT2D eigenvalue weighted by Crippen LogP contribution is 2.30. The van der Waals surface area contributed by atoms with Crippen molar-refractivity contribution in [1.29, 1.82) is 0 Å². The van der Waals surface area contributed by atoms with Crippen LogP contribution in [0.5, 0.6) is 0 Å². The predicted octanol–water partition coefficient (Wildman–Crippen LogP) is 3.36. The molecule has 1 atom stereocenters. The number of hydrogen-bond donors (Lipinski definition) is 2. The number of carbonyl (C=O) groups is 1. The first-order chi connectivity index (χ1) is 11.1. The highest BCUT2D eigenvalue weighted by molar-refractivity contribution is 7.99. The van der Waals surface area contributed by atoms with Crippen LogP contribution in [0.15, 0.2) is 40.5 Å². The molecule has 0 saturated carbocycles. The Hall–Kier alpha value is -2.12. The number of rotatable bonds is 5. The maximum atomic E-state index is 12.4. The second kappa shape index (κ2) is 6.55. The molecule has 2 N–H and O–H groups in total. The number of hydrogen-bond acceptors (Lipinski definition) is 5. The Bertz CT molecular complexity index is 903. The third kappa shape index (κ3) is 3.30. The molecule has 118 valence electrons. The fourth-order valence-corrected chi connectivity index (χ4v) is 3.82. The molecule has 0 spiro atoms. The molecule has 0 aliphatic carbocycles. The summed E-state index contributed by atoms with van der Waals surface area (Å²) < 4.78 is 0. The Balaban J connectivity index is 1.95. The number of thiophene rings is 1. The van der Waals surface area contributed by atoms with Gasteiger partial charge in [0.25, 0.3) is 5.56 Å². The van der Waals surface area contributed by atoms with Crippen molar-refractivity contribution >= 4 is 39.3 Å². The number of carboxylic acids is 1. The van der Waals surface area contributed by atoms with E-state index in [1.165, 1.54) is 23.1 Å². The number of aliphatic carboxylic acids is 1. The van der Waals surface area contributed by atoms with Gasteiger partial charge < -0.3 is 10.1 Å². The van der Waals surface area contributed by atoms with Crippen molar-refractivity contribution in [3.05, 3.63) is 51.9 Å². The van der Waals surface area contributed by atoms with Crippen LogP contribution >= 0.6 is 23.1 Å². The van der Waals surface area contributed by atoms with Crippen molar-refractivity contribution in [2.45, 2.75) is 17.9 Å². The molecule has 3 aromatic rings. The Morgan fingerprint density at radius 1 is 1.39 bits per heavy atom. The lowest BCUT2D eigenvalue weighted by atomic mass is 10.1. The average molecular weight is 346 g/mol. The van der Waals surface area contributed by atoms with Gasteiger partial charge in [0.1, 0.15) is 10.7 Å². The van der Waals surface area contributed by atoms with Crippen LogP contribution in [-0.2, 0) is 10.5 Å². The molecule has 0 bridgehead atoms. The van der Waals surface area contributed by atoms with E-state index < -0.39 is 11.2 Å².